The molecule has 33 heavy (non-hydrogen) atoms. The van der Waals surface area contributed by atoms with Crippen molar-refractivity contribution in [2.24, 2.45) is 0 Å². The zero-order valence-electron chi connectivity index (χ0n) is 18.5. The van der Waals surface area contributed by atoms with Crippen LogP contribution < -0.4 is 40.2 Å². The normalized spacial score (nSPS) is 9.00. The fourth-order valence-electron chi connectivity index (χ4n) is 2.26. The summed E-state index contributed by atoms with van der Waals surface area (Å²) in [6.07, 6.45) is 0. The average Bonchev–Trinajstić information content (AvgIpc) is 2.64. The van der Waals surface area contributed by atoms with Gasteiger partial charge in [-0.05, 0) is 64.1 Å². The monoisotopic (exact) mass is 512 g/mol. The molecule has 0 fully saturated rings. The van der Waals surface area contributed by atoms with E-state index in [9.17, 15) is 9.59 Å². The van der Waals surface area contributed by atoms with Crippen LogP contribution in [0, 0.1) is 0 Å². The standard InChI is InChI=1S/C11H14ClNO2.C10H12ClNO2.2CH4.Na.H2O/c1-7(2)13-10-5-4-8(6-9(10)12)11(14)15-3;1-6(2)12-9-4-3-7(10(13)14)5-8(9)11;;;;/h4-7,13H,1-3H3;3-6,12H,1-2H3,(H,13,14);2*1H4;;1H2/q;;;;+1;/p-1. The molecular weight excluding hydrogens is 478 g/mol. The molecule has 4 N–H and O–H groups in total. The Kier molecular flexibility index (Phi) is 22.2. The van der Waals surface area contributed by atoms with E-state index >= 15 is 0 Å². The molecule has 0 aliphatic heterocycles. The number of benzene rings is 2. The number of carboxylic acid groups (broad SMARTS) is 1. The SMILES string of the molecule is C.C.CC(C)Nc1ccc(C(=O)O)cc1Cl.COC(=O)c1ccc(NC(C)C)c(Cl)c1.[Na+].[OH-]. The van der Waals surface area contributed by atoms with Crippen molar-refractivity contribution in [1.82, 2.24) is 0 Å². The van der Waals surface area contributed by atoms with Gasteiger partial charge in [-0.3, -0.25) is 0 Å². The molecule has 7 nitrogen and oxygen atoms in total. The van der Waals surface area contributed by atoms with Gasteiger partial charge in [0.2, 0.25) is 0 Å². The van der Waals surface area contributed by atoms with E-state index in [-0.39, 0.29) is 67.5 Å². The third kappa shape index (κ3) is 13.7. The quantitative estimate of drug-likeness (QED) is 0.396. The summed E-state index contributed by atoms with van der Waals surface area (Å²) in [5, 5.41) is 15.9. The Hall–Kier alpha value is -1.48. The topological polar surface area (TPSA) is 118 Å². The molecule has 0 aliphatic carbocycles. The average molecular weight is 513 g/mol. The number of hydrogen-bond donors (Lipinski definition) is 3. The number of anilines is 2. The molecule has 2 aromatic rings. The van der Waals surface area contributed by atoms with Crippen molar-refractivity contribution in [3.05, 3.63) is 57.6 Å². The number of carboxylic acids is 1. The van der Waals surface area contributed by atoms with Gasteiger partial charge in [0.05, 0.1) is 39.7 Å². The van der Waals surface area contributed by atoms with Crippen LogP contribution in [0.5, 0.6) is 0 Å². The Morgan fingerprint density at radius 2 is 1.21 bits per heavy atom. The Labute approximate surface area is 229 Å². The zero-order chi connectivity index (χ0) is 22.1. The third-order valence-electron chi connectivity index (χ3n) is 3.49. The molecule has 0 aliphatic rings. The number of halogens is 2. The Balaban J connectivity index is -0.000000228. The predicted octanol–water partition coefficient (Wildman–Crippen LogP) is 3.90. The first-order valence-electron chi connectivity index (χ1n) is 8.99. The molecule has 0 heterocycles. The number of carbonyl (C=O) groups excluding carboxylic acids is 1. The molecule has 0 bridgehead atoms. The molecular formula is C23H35Cl2N2NaO5. The van der Waals surface area contributed by atoms with E-state index in [2.05, 4.69) is 15.4 Å². The van der Waals surface area contributed by atoms with Crippen molar-refractivity contribution < 1.29 is 54.5 Å². The molecule has 0 saturated heterocycles. The van der Waals surface area contributed by atoms with Crippen LogP contribution in [0.2, 0.25) is 10.0 Å². The first-order valence-corrected chi connectivity index (χ1v) is 9.74. The number of aromatic carboxylic acids is 1. The van der Waals surface area contributed by atoms with Gasteiger partial charge in [-0.15, -0.1) is 0 Å². The molecule has 0 amide bonds. The second kappa shape index (κ2) is 18.9. The second-order valence-electron chi connectivity index (χ2n) is 6.78. The summed E-state index contributed by atoms with van der Waals surface area (Å²) in [6.45, 7) is 8.01. The van der Waals surface area contributed by atoms with Gasteiger partial charge in [-0.1, -0.05) is 38.1 Å². The number of methoxy groups -OCH3 is 1. The zero-order valence-corrected chi connectivity index (χ0v) is 22.0. The first-order chi connectivity index (χ1) is 13.5. The first kappa shape index (κ1) is 38.8. The number of hydrogen-bond acceptors (Lipinski definition) is 6. The summed E-state index contributed by atoms with van der Waals surface area (Å²) in [5.41, 5.74) is 2.23. The van der Waals surface area contributed by atoms with E-state index in [1.165, 1.54) is 19.2 Å². The minimum absolute atomic E-state index is 0. The van der Waals surface area contributed by atoms with Gasteiger partial charge in [0, 0.05) is 12.1 Å². The van der Waals surface area contributed by atoms with Gasteiger partial charge in [0.15, 0.2) is 0 Å². The van der Waals surface area contributed by atoms with E-state index in [1.807, 2.05) is 27.7 Å². The summed E-state index contributed by atoms with van der Waals surface area (Å²) in [4.78, 5) is 21.8. The summed E-state index contributed by atoms with van der Waals surface area (Å²) in [7, 11) is 1.34. The van der Waals surface area contributed by atoms with Crippen LogP contribution in [0.25, 0.3) is 0 Å². The summed E-state index contributed by atoms with van der Waals surface area (Å²) in [5.74, 6) is -1.35. The maximum absolute atomic E-state index is 11.2. The maximum Gasteiger partial charge on any atom is 1.00 e. The van der Waals surface area contributed by atoms with Crippen molar-refractivity contribution in [3.8, 4) is 0 Å². The molecule has 0 aromatic heterocycles. The number of esters is 1. The number of carbonyl (C=O) groups is 2. The van der Waals surface area contributed by atoms with Gasteiger partial charge >= 0.3 is 41.5 Å². The second-order valence-corrected chi connectivity index (χ2v) is 7.60. The molecule has 0 unspecified atom stereocenters. The number of ether oxygens (including phenoxy) is 1. The van der Waals surface area contributed by atoms with Crippen molar-refractivity contribution in [1.29, 1.82) is 0 Å². The molecule has 2 aromatic carbocycles. The van der Waals surface area contributed by atoms with Crippen LogP contribution in [0.15, 0.2) is 36.4 Å². The minimum Gasteiger partial charge on any atom is -0.870 e. The van der Waals surface area contributed by atoms with Crippen LogP contribution in [0.3, 0.4) is 0 Å². The Morgan fingerprint density at radius 1 is 0.848 bits per heavy atom. The molecule has 0 atom stereocenters. The van der Waals surface area contributed by atoms with Gasteiger partial charge in [-0.25, -0.2) is 9.59 Å². The van der Waals surface area contributed by atoms with Gasteiger partial charge < -0.3 is 26.0 Å². The van der Waals surface area contributed by atoms with Gasteiger partial charge in [0.25, 0.3) is 0 Å². The molecule has 182 valence electrons. The van der Waals surface area contributed by atoms with Crippen molar-refractivity contribution >= 4 is 46.5 Å². The predicted molar refractivity (Wildman–Crippen MR) is 134 cm³/mol. The van der Waals surface area contributed by atoms with E-state index in [0.29, 0.717) is 21.7 Å². The number of rotatable bonds is 6. The van der Waals surface area contributed by atoms with Crippen LogP contribution >= 0.6 is 23.2 Å². The fraction of sp³-hybridized carbons (Fsp3) is 0.391. The smallest absolute Gasteiger partial charge is 0.870 e. The van der Waals surface area contributed by atoms with Gasteiger partial charge in [0.1, 0.15) is 0 Å². The van der Waals surface area contributed by atoms with Crippen molar-refractivity contribution in [2.45, 2.75) is 54.6 Å². The largest absolute Gasteiger partial charge is 1.00 e. The van der Waals surface area contributed by atoms with Crippen LogP contribution in [-0.2, 0) is 4.74 Å². The summed E-state index contributed by atoms with van der Waals surface area (Å²) >= 11 is 11.9. The van der Waals surface area contributed by atoms with Gasteiger partial charge in [-0.2, -0.15) is 0 Å². The Morgan fingerprint density at radius 3 is 1.52 bits per heavy atom. The van der Waals surface area contributed by atoms with Crippen LogP contribution in [-0.4, -0.2) is 41.7 Å². The van der Waals surface area contributed by atoms with Crippen molar-refractivity contribution in [2.75, 3.05) is 17.7 Å². The van der Waals surface area contributed by atoms with E-state index in [4.69, 9.17) is 28.3 Å². The van der Waals surface area contributed by atoms with Crippen LogP contribution in [0.1, 0.15) is 63.3 Å². The maximum atomic E-state index is 11.2. The van der Waals surface area contributed by atoms with Crippen LogP contribution in [0.4, 0.5) is 11.4 Å². The summed E-state index contributed by atoms with van der Waals surface area (Å²) in [6, 6.07) is 10.3. The van der Waals surface area contributed by atoms with E-state index < -0.39 is 5.97 Å². The Bertz CT molecular complexity index is 865. The van der Waals surface area contributed by atoms with Crippen molar-refractivity contribution in [3.63, 3.8) is 0 Å². The summed E-state index contributed by atoms with van der Waals surface area (Å²) < 4.78 is 4.59. The third-order valence-corrected chi connectivity index (χ3v) is 4.12. The molecule has 0 saturated carbocycles. The number of nitrogens with one attached hydrogen (secondary N) is 2. The molecule has 2 rings (SSSR count). The minimum atomic E-state index is -0.969. The molecule has 0 spiro atoms. The van der Waals surface area contributed by atoms with E-state index in [1.54, 1.807) is 24.3 Å². The molecule has 10 heteroatoms. The fourth-order valence-corrected chi connectivity index (χ4v) is 2.73. The molecule has 0 radical (unpaired) electrons. The van der Waals surface area contributed by atoms with E-state index in [0.717, 1.165) is 11.4 Å².